The lowest BCUT2D eigenvalue weighted by atomic mass is 10.1. The molecule has 0 unspecified atom stereocenters. The lowest BCUT2D eigenvalue weighted by Crippen LogP contribution is -2.48. The fourth-order valence-electron chi connectivity index (χ4n) is 3.13. The standard InChI is InChI=1S/C20H24N2O5S/c1-13-5-6-14(2)17(9-13)22(28(4,24)25)15(3)20(23)21-11-16-7-8-18-19(10-16)27-12-26-18/h5-10,15H,11-12H2,1-4H3,(H,21,23)/t15-/m1/s1. The van der Waals surface area contributed by atoms with Gasteiger partial charge in [0.05, 0.1) is 11.9 Å². The summed E-state index contributed by atoms with van der Waals surface area (Å²) in [6.07, 6.45) is 1.11. The van der Waals surface area contributed by atoms with Gasteiger partial charge in [0.1, 0.15) is 6.04 Å². The predicted octanol–water partition coefficient (Wildman–Crippen LogP) is 2.50. The van der Waals surface area contributed by atoms with Gasteiger partial charge >= 0.3 is 0 Å². The summed E-state index contributed by atoms with van der Waals surface area (Å²) in [5, 5.41) is 2.80. The number of nitrogens with zero attached hydrogens (tertiary/aromatic N) is 1. The molecule has 2 aromatic rings. The van der Waals surface area contributed by atoms with Gasteiger partial charge in [-0.05, 0) is 55.7 Å². The van der Waals surface area contributed by atoms with Gasteiger partial charge in [-0.15, -0.1) is 0 Å². The van der Waals surface area contributed by atoms with E-state index in [0.717, 1.165) is 22.9 Å². The number of aryl methyl sites for hydroxylation is 2. The maximum absolute atomic E-state index is 12.7. The Bertz CT molecular complexity index is 1000. The van der Waals surface area contributed by atoms with E-state index in [1.54, 1.807) is 25.1 Å². The van der Waals surface area contributed by atoms with E-state index in [-0.39, 0.29) is 19.2 Å². The first kappa shape index (κ1) is 20.0. The van der Waals surface area contributed by atoms with Gasteiger partial charge in [-0.25, -0.2) is 8.42 Å². The molecular formula is C20H24N2O5S. The first-order valence-corrected chi connectivity index (χ1v) is 10.7. The van der Waals surface area contributed by atoms with E-state index in [4.69, 9.17) is 9.47 Å². The number of hydrogen-bond acceptors (Lipinski definition) is 5. The fourth-order valence-corrected chi connectivity index (χ4v) is 4.35. The number of carbonyl (C=O) groups is 1. The lowest BCUT2D eigenvalue weighted by molar-refractivity contribution is -0.122. The van der Waals surface area contributed by atoms with E-state index in [9.17, 15) is 13.2 Å². The van der Waals surface area contributed by atoms with Crippen LogP contribution in [0.4, 0.5) is 5.69 Å². The third-order valence-corrected chi connectivity index (χ3v) is 5.82. The second-order valence-electron chi connectivity index (χ2n) is 6.93. The molecule has 0 saturated carbocycles. The molecule has 1 heterocycles. The highest BCUT2D eigenvalue weighted by Crippen LogP contribution is 2.32. The minimum atomic E-state index is -3.66. The third kappa shape index (κ3) is 4.22. The molecule has 0 radical (unpaired) electrons. The van der Waals surface area contributed by atoms with E-state index < -0.39 is 16.1 Å². The van der Waals surface area contributed by atoms with Crippen molar-refractivity contribution in [3.05, 3.63) is 53.1 Å². The molecule has 1 N–H and O–H groups in total. The molecule has 0 aliphatic carbocycles. The van der Waals surface area contributed by atoms with Crippen molar-refractivity contribution in [1.29, 1.82) is 0 Å². The first-order chi connectivity index (χ1) is 13.2. The van der Waals surface area contributed by atoms with Gasteiger partial charge in [0.2, 0.25) is 22.7 Å². The van der Waals surface area contributed by atoms with Crippen molar-refractivity contribution in [2.75, 3.05) is 17.4 Å². The molecule has 1 aliphatic rings. The van der Waals surface area contributed by atoms with E-state index >= 15 is 0 Å². The highest BCUT2D eigenvalue weighted by Gasteiger charge is 2.30. The Balaban J connectivity index is 1.78. The smallest absolute Gasteiger partial charge is 0.243 e. The van der Waals surface area contributed by atoms with Crippen molar-refractivity contribution >= 4 is 21.6 Å². The van der Waals surface area contributed by atoms with Crippen LogP contribution < -0.4 is 19.1 Å². The number of benzene rings is 2. The number of sulfonamides is 1. The molecule has 28 heavy (non-hydrogen) atoms. The van der Waals surface area contributed by atoms with E-state index in [2.05, 4.69) is 5.32 Å². The van der Waals surface area contributed by atoms with E-state index in [1.807, 2.05) is 32.0 Å². The predicted molar refractivity (Wildman–Crippen MR) is 107 cm³/mol. The topological polar surface area (TPSA) is 84.9 Å². The van der Waals surface area contributed by atoms with Gasteiger partial charge in [0.25, 0.3) is 0 Å². The Hall–Kier alpha value is -2.74. The molecule has 150 valence electrons. The maximum Gasteiger partial charge on any atom is 0.243 e. The molecule has 7 nitrogen and oxygen atoms in total. The fraction of sp³-hybridized carbons (Fsp3) is 0.350. The van der Waals surface area contributed by atoms with Crippen molar-refractivity contribution in [1.82, 2.24) is 5.32 Å². The van der Waals surface area contributed by atoms with Crippen LogP contribution in [0.25, 0.3) is 0 Å². The zero-order valence-electron chi connectivity index (χ0n) is 16.4. The second-order valence-corrected chi connectivity index (χ2v) is 8.79. The summed E-state index contributed by atoms with van der Waals surface area (Å²) in [5.74, 6) is 0.915. The molecule has 0 fully saturated rings. The number of carbonyl (C=O) groups excluding carboxylic acids is 1. The van der Waals surface area contributed by atoms with E-state index in [0.29, 0.717) is 17.2 Å². The van der Waals surface area contributed by atoms with Crippen LogP contribution in [-0.4, -0.2) is 33.4 Å². The summed E-state index contributed by atoms with van der Waals surface area (Å²) in [6.45, 7) is 5.72. The third-order valence-electron chi connectivity index (χ3n) is 4.59. The Morgan fingerprint density at radius 3 is 2.57 bits per heavy atom. The lowest BCUT2D eigenvalue weighted by Gasteiger charge is -2.29. The number of hydrogen-bond donors (Lipinski definition) is 1. The number of anilines is 1. The monoisotopic (exact) mass is 404 g/mol. The molecule has 1 amide bonds. The molecule has 0 bridgehead atoms. The first-order valence-electron chi connectivity index (χ1n) is 8.89. The molecular weight excluding hydrogens is 380 g/mol. The summed E-state index contributed by atoms with van der Waals surface area (Å²) in [7, 11) is -3.66. The molecule has 3 rings (SSSR count). The molecule has 1 aliphatic heterocycles. The SMILES string of the molecule is Cc1ccc(C)c(N([C@H](C)C(=O)NCc2ccc3c(c2)OCO3)S(C)(=O)=O)c1. The van der Waals surface area contributed by atoms with Gasteiger partial charge in [0.15, 0.2) is 11.5 Å². The molecule has 1 atom stereocenters. The second kappa shape index (κ2) is 7.71. The van der Waals surface area contributed by atoms with Crippen molar-refractivity contribution < 1.29 is 22.7 Å². The van der Waals surface area contributed by atoms with Crippen LogP contribution in [0, 0.1) is 13.8 Å². The van der Waals surface area contributed by atoms with Gasteiger partial charge < -0.3 is 14.8 Å². The number of rotatable bonds is 6. The van der Waals surface area contributed by atoms with Crippen LogP contribution in [0.1, 0.15) is 23.6 Å². The normalized spacial score (nSPS) is 13.9. The van der Waals surface area contributed by atoms with Crippen molar-refractivity contribution in [3.8, 4) is 11.5 Å². The zero-order valence-corrected chi connectivity index (χ0v) is 17.2. The number of amides is 1. The van der Waals surface area contributed by atoms with Crippen molar-refractivity contribution in [3.63, 3.8) is 0 Å². The number of fused-ring (bicyclic) bond motifs is 1. The van der Waals surface area contributed by atoms with Gasteiger partial charge in [0, 0.05) is 6.54 Å². The minimum Gasteiger partial charge on any atom is -0.454 e. The zero-order chi connectivity index (χ0) is 20.5. The van der Waals surface area contributed by atoms with Crippen molar-refractivity contribution in [2.24, 2.45) is 0 Å². The molecule has 0 spiro atoms. The summed E-state index contributed by atoms with van der Waals surface area (Å²) in [5.41, 5.74) is 3.05. The number of nitrogens with one attached hydrogen (secondary N) is 1. The average molecular weight is 404 g/mol. The van der Waals surface area contributed by atoms with Crippen LogP contribution in [-0.2, 0) is 21.4 Å². The molecule has 0 saturated heterocycles. The summed E-state index contributed by atoms with van der Waals surface area (Å²) in [4.78, 5) is 12.7. The highest BCUT2D eigenvalue weighted by molar-refractivity contribution is 7.92. The Kier molecular flexibility index (Phi) is 5.51. The summed E-state index contributed by atoms with van der Waals surface area (Å²) < 4.78 is 36.7. The Labute approximate surface area is 165 Å². The molecule has 0 aromatic heterocycles. The van der Waals surface area contributed by atoms with Crippen LogP contribution in [0.5, 0.6) is 11.5 Å². The molecule has 8 heteroatoms. The van der Waals surface area contributed by atoms with Gasteiger partial charge in [-0.2, -0.15) is 0 Å². The van der Waals surface area contributed by atoms with Crippen LogP contribution in [0.2, 0.25) is 0 Å². The molecule has 2 aromatic carbocycles. The Morgan fingerprint density at radius 2 is 1.86 bits per heavy atom. The summed E-state index contributed by atoms with van der Waals surface area (Å²) >= 11 is 0. The van der Waals surface area contributed by atoms with Crippen LogP contribution in [0.3, 0.4) is 0 Å². The largest absolute Gasteiger partial charge is 0.454 e. The van der Waals surface area contributed by atoms with Crippen LogP contribution >= 0.6 is 0 Å². The Morgan fingerprint density at radius 1 is 1.14 bits per heavy atom. The van der Waals surface area contributed by atoms with Gasteiger partial charge in [-0.3, -0.25) is 9.10 Å². The highest BCUT2D eigenvalue weighted by atomic mass is 32.2. The minimum absolute atomic E-state index is 0.182. The van der Waals surface area contributed by atoms with E-state index in [1.165, 1.54) is 4.31 Å². The van der Waals surface area contributed by atoms with Crippen molar-refractivity contribution in [2.45, 2.75) is 33.4 Å². The quantitative estimate of drug-likeness (QED) is 0.800. The average Bonchev–Trinajstić information content (AvgIpc) is 3.09. The van der Waals surface area contributed by atoms with Gasteiger partial charge in [-0.1, -0.05) is 18.2 Å². The number of ether oxygens (including phenoxy) is 2. The maximum atomic E-state index is 12.7. The van der Waals surface area contributed by atoms with Crippen LogP contribution in [0.15, 0.2) is 36.4 Å². The summed E-state index contributed by atoms with van der Waals surface area (Å²) in [6, 6.07) is 10.0.